The maximum Gasteiger partial charge on any atom is 0.224 e. The van der Waals surface area contributed by atoms with Gasteiger partial charge in [0.15, 0.2) is 0 Å². The lowest BCUT2D eigenvalue weighted by Crippen LogP contribution is -2.10. The monoisotopic (exact) mass is 196 g/mol. The molecule has 0 fully saturated rings. The summed E-state index contributed by atoms with van der Waals surface area (Å²) in [5, 5.41) is 2.75. The third-order valence-electron chi connectivity index (χ3n) is 1.55. The van der Waals surface area contributed by atoms with Gasteiger partial charge in [-0.2, -0.15) is 0 Å². The molecule has 0 aliphatic rings. The number of pyridine rings is 1. The van der Waals surface area contributed by atoms with E-state index in [1.165, 1.54) is 0 Å². The van der Waals surface area contributed by atoms with Crippen molar-refractivity contribution in [3.63, 3.8) is 0 Å². The standard InChI is InChI=1S/C9H12N2OS/c1-2-3-8(12)11-7-4-5-9(13)10-6-7/h4-6H,2-3H2,1H3,(H,10,13)(H,11,12). The Morgan fingerprint density at radius 1 is 1.62 bits per heavy atom. The van der Waals surface area contributed by atoms with Crippen molar-refractivity contribution in [1.29, 1.82) is 0 Å². The van der Waals surface area contributed by atoms with E-state index in [-0.39, 0.29) is 5.91 Å². The van der Waals surface area contributed by atoms with Gasteiger partial charge in [0.2, 0.25) is 5.91 Å². The van der Waals surface area contributed by atoms with E-state index in [4.69, 9.17) is 12.2 Å². The van der Waals surface area contributed by atoms with Crippen LogP contribution in [0.2, 0.25) is 0 Å². The summed E-state index contributed by atoms with van der Waals surface area (Å²) >= 11 is 4.87. The minimum absolute atomic E-state index is 0.0352. The minimum Gasteiger partial charge on any atom is -0.351 e. The molecular weight excluding hydrogens is 184 g/mol. The molecule has 4 heteroatoms. The van der Waals surface area contributed by atoms with Crippen LogP contribution in [0, 0.1) is 4.64 Å². The zero-order chi connectivity index (χ0) is 9.68. The Hall–Kier alpha value is -1.16. The zero-order valence-corrected chi connectivity index (χ0v) is 8.28. The third-order valence-corrected chi connectivity index (χ3v) is 1.80. The molecule has 1 amide bonds. The number of aromatic amines is 1. The molecule has 1 rings (SSSR count). The van der Waals surface area contributed by atoms with E-state index in [1.54, 1.807) is 18.3 Å². The topological polar surface area (TPSA) is 44.9 Å². The lowest BCUT2D eigenvalue weighted by atomic mass is 10.3. The molecule has 2 N–H and O–H groups in total. The maximum absolute atomic E-state index is 11.1. The predicted octanol–water partition coefficient (Wildman–Crippen LogP) is 2.48. The van der Waals surface area contributed by atoms with Crippen LogP contribution >= 0.6 is 12.2 Å². The van der Waals surface area contributed by atoms with Crippen molar-refractivity contribution >= 4 is 23.8 Å². The van der Waals surface area contributed by atoms with Crippen LogP contribution in [0.4, 0.5) is 5.69 Å². The van der Waals surface area contributed by atoms with Crippen LogP contribution in [0.25, 0.3) is 0 Å². The highest BCUT2D eigenvalue weighted by molar-refractivity contribution is 7.71. The van der Waals surface area contributed by atoms with Gasteiger partial charge in [-0.05, 0) is 18.6 Å². The predicted molar refractivity (Wildman–Crippen MR) is 55.2 cm³/mol. The number of hydrogen-bond donors (Lipinski definition) is 2. The summed E-state index contributed by atoms with van der Waals surface area (Å²) in [7, 11) is 0. The van der Waals surface area contributed by atoms with Gasteiger partial charge in [-0.25, -0.2) is 0 Å². The van der Waals surface area contributed by atoms with Crippen LogP contribution in [0.1, 0.15) is 19.8 Å². The molecule has 70 valence electrons. The Morgan fingerprint density at radius 2 is 2.38 bits per heavy atom. The van der Waals surface area contributed by atoms with Crippen molar-refractivity contribution < 1.29 is 4.79 Å². The second-order valence-electron chi connectivity index (χ2n) is 2.74. The van der Waals surface area contributed by atoms with Crippen molar-refractivity contribution in [1.82, 2.24) is 4.98 Å². The molecule has 0 saturated heterocycles. The Bertz CT molecular complexity index is 325. The van der Waals surface area contributed by atoms with E-state index in [0.29, 0.717) is 11.1 Å². The number of anilines is 1. The molecule has 0 radical (unpaired) electrons. The molecule has 0 saturated carbocycles. The smallest absolute Gasteiger partial charge is 0.224 e. The van der Waals surface area contributed by atoms with E-state index >= 15 is 0 Å². The summed E-state index contributed by atoms with van der Waals surface area (Å²) in [4.78, 5) is 14.0. The van der Waals surface area contributed by atoms with Gasteiger partial charge in [-0.3, -0.25) is 4.79 Å². The fourth-order valence-electron chi connectivity index (χ4n) is 0.939. The quantitative estimate of drug-likeness (QED) is 0.729. The first-order chi connectivity index (χ1) is 6.22. The van der Waals surface area contributed by atoms with E-state index in [9.17, 15) is 4.79 Å². The Balaban J connectivity index is 2.59. The summed E-state index contributed by atoms with van der Waals surface area (Å²) < 4.78 is 0.661. The first-order valence-electron chi connectivity index (χ1n) is 4.21. The van der Waals surface area contributed by atoms with E-state index in [2.05, 4.69) is 10.3 Å². The number of rotatable bonds is 3. The molecule has 1 aromatic rings. The molecule has 0 bridgehead atoms. The van der Waals surface area contributed by atoms with E-state index < -0.39 is 0 Å². The average molecular weight is 196 g/mol. The van der Waals surface area contributed by atoms with Gasteiger partial charge in [0, 0.05) is 12.6 Å². The van der Waals surface area contributed by atoms with Crippen molar-refractivity contribution in [3.05, 3.63) is 23.0 Å². The van der Waals surface area contributed by atoms with Gasteiger partial charge in [0.05, 0.1) is 5.69 Å². The van der Waals surface area contributed by atoms with Crippen molar-refractivity contribution in [2.45, 2.75) is 19.8 Å². The summed E-state index contributed by atoms with van der Waals surface area (Å²) in [6.07, 6.45) is 3.10. The van der Waals surface area contributed by atoms with E-state index in [1.807, 2.05) is 6.92 Å². The normalized spacial score (nSPS) is 9.62. The van der Waals surface area contributed by atoms with Crippen LogP contribution in [0.15, 0.2) is 18.3 Å². The fraction of sp³-hybridized carbons (Fsp3) is 0.333. The van der Waals surface area contributed by atoms with Crippen LogP contribution in [-0.4, -0.2) is 10.9 Å². The highest BCUT2D eigenvalue weighted by atomic mass is 32.1. The summed E-state index contributed by atoms with van der Waals surface area (Å²) in [6, 6.07) is 3.53. The lowest BCUT2D eigenvalue weighted by Gasteiger charge is -2.02. The molecule has 0 unspecified atom stereocenters. The minimum atomic E-state index is 0.0352. The largest absolute Gasteiger partial charge is 0.351 e. The van der Waals surface area contributed by atoms with Crippen molar-refractivity contribution in [3.8, 4) is 0 Å². The van der Waals surface area contributed by atoms with Gasteiger partial charge in [-0.1, -0.05) is 19.1 Å². The first kappa shape index (κ1) is 9.92. The molecule has 0 atom stereocenters. The molecule has 1 heterocycles. The number of nitrogens with one attached hydrogen (secondary N) is 2. The second kappa shape index (κ2) is 4.77. The average Bonchev–Trinajstić information content (AvgIpc) is 2.09. The first-order valence-corrected chi connectivity index (χ1v) is 4.62. The highest BCUT2D eigenvalue weighted by Crippen LogP contribution is 2.04. The molecule has 0 aliphatic heterocycles. The SMILES string of the molecule is CCCC(=O)Nc1ccc(=S)[nH]c1. The van der Waals surface area contributed by atoms with Crippen LogP contribution in [0.5, 0.6) is 0 Å². The van der Waals surface area contributed by atoms with Crippen LogP contribution < -0.4 is 5.32 Å². The van der Waals surface area contributed by atoms with E-state index in [0.717, 1.165) is 12.1 Å². The lowest BCUT2D eigenvalue weighted by molar-refractivity contribution is -0.116. The van der Waals surface area contributed by atoms with Gasteiger partial charge < -0.3 is 10.3 Å². The summed E-state index contributed by atoms with van der Waals surface area (Å²) in [5.41, 5.74) is 0.757. The molecule has 13 heavy (non-hydrogen) atoms. The molecule has 3 nitrogen and oxygen atoms in total. The highest BCUT2D eigenvalue weighted by Gasteiger charge is 1.98. The number of aromatic nitrogens is 1. The number of H-pyrrole nitrogens is 1. The molecule has 0 aliphatic carbocycles. The Labute approximate surface area is 82.2 Å². The molecule has 0 spiro atoms. The van der Waals surface area contributed by atoms with Gasteiger partial charge >= 0.3 is 0 Å². The van der Waals surface area contributed by atoms with Crippen molar-refractivity contribution in [2.24, 2.45) is 0 Å². The molecule has 1 aromatic heterocycles. The van der Waals surface area contributed by atoms with Crippen molar-refractivity contribution in [2.75, 3.05) is 5.32 Å². The Kier molecular flexibility index (Phi) is 3.64. The molecular formula is C9H12N2OS. The van der Waals surface area contributed by atoms with Gasteiger partial charge in [0.1, 0.15) is 4.64 Å². The number of carbonyl (C=O) groups excluding carboxylic acids is 1. The number of carbonyl (C=O) groups is 1. The van der Waals surface area contributed by atoms with Crippen LogP contribution in [-0.2, 0) is 4.79 Å². The zero-order valence-electron chi connectivity index (χ0n) is 7.46. The summed E-state index contributed by atoms with van der Waals surface area (Å²) in [6.45, 7) is 1.97. The number of hydrogen-bond acceptors (Lipinski definition) is 2. The second-order valence-corrected chi connectivity index (χ2v) is 3.18. The molecule has 0 aromatic carbocycles. The van der Waals surface area contributed by atoms with Crippen LogP contribution in [0.3, 0.4) is 0 Å². The van der Waals surface area contributed by atoms with Gasteiger partial charge in [0.25, 0.3) is 0 Å². The summed E-state index contributed by atoms with van der Waals surface area (Å²) in [5.74, 6) is 0.0352. The number of amides is 1. The Morgan fingerprint density at radius 3 is 2.92 bits per heavy atom. The maximum atomic E-state index is 11.1. The fourth-order valence-corrected chi connectivity index (χ4v) is 1.07. The van der Waals surface area contributed by atoms with Gasteiger partial charge in [-0.15, -0.1) is 0 Å². The third kappa shape index (κ3) is 3.38.